The molecule has 0 aliphatic rings. The van der Waals surface area contributed by atoms with Gasteiger partial charge in [0.25, 0.3) is 10.0 Å². The van der Waals surface area contributed by atoms with Crippen LogP contribution >= 0.6 is 38.9 Å². The fourth-order valence-corrected chi connectivity index (χ4v) is 4.72. The molecule has 0 aliphatic heterocycles. The summed E-state index contributed by atoms with van der Waals surface area (Å²) in [4.78, 5) is 0. The molecule has 2 aromatic rings. The summed E-state index contributed by atoms with van der Waals surface area (Å²) in [5, 5.41) is 0.168. The molecule has 0 atom stereocenters. The molecule has 3 nitrogen and oxygen atoms in total. The molecule has 2 rings (SSSR count). The lowest BCUT2D eigenvalue weighted by atomic mass is 10.3. The van der Waals surface area contributed by atoms with E-state index in [0.717, 1.165) is 23.5 Å². The van der Waals surface area contributed by atoms with Crippen molar-refractivity contribution < 1.29 is 21.6 Å². The van der Waals surface area contributed by atoms with Gasteiger partial charge < -0.3 is 0 Å². The molecule has 0 radical (unpaired) electrons. The number of anilines is 1. The van der Waals surface area contributed by atoms with Gasteiger partial charge >= 0.3 is 0 Å². The lowest BCUT2D eigenvalue weighted by Crippen LogP contribution is -2.13. The maximum Gasteiger partial charge on any atom is 0.271 e. The molecule has 0 aliphatic carbocycles. The first-order valence-electron chi connectivity index (χ1n) is 4.83. The molecule has 1 aromatic heterocycles. The number of hydrogen-bond acceptors (Lipinski definition) is 3. The Morgan fingerprint density at radius 1 is 1.20 bits per heavy atom. The van der Waals surface area contributed by atoms with Crippen LogP contribution in [0.5, 0.6) is 0 Å². The lowest BCUT2D eigenvalue weighted by Gasteiger charge is -2.07. The van der Waals surface area contributed by atoms with Gasteiger partial charge in [0.2, 0.25) is 0 Å². The van der Waals surface area contributed by atoms with Gasteiger partial charge in [-0.25, -0.2) is 21.6 Å². The molecular weight excluding hydrogens is 403 g/mol. The smallest absolute Gasteiger partial charge is 0.271 e. The molecule has 108 valence electrons. The fraction of sp³-hybridized carbons (Fsp3) is 0. The molecule has 0 fully saturated rings. The van der Waals surface area contributed by atoms with E-state index in [1.54, 1.807) is 0 Å². The topological polar surface area (TPSA) is 46.2 Å². The highest BCUT2D eigenvalue weighted by atomic mass is 79.9. The van der Waals surface area contributed by atoms with Crippen molar-refractivity contribution in [1.82, 2.24) is 0 Å². The van der Waals surface area contributed by atoms with Crippen molar-refractivity contribution in [3.8, 4) is 0 Å². The highest BCUT2D eigenvalue weighted by molar-refractivity contribution is 9.11. The average molecular weight is 407 g/mol. The van der Waals surface area contributed by atoms with Crippen molar-refractivity contribution in [1.29, 1.82) is 0 Å². The molecule has 0 unspecified atom stereocenters. The number of thiophene rings is 1. The van der Waals surface area contributed by atoms with Gasteiger partial charge in [0.1, 0.15) is 4.21 Å². The fourth-order valence-electron chi connectivity index (χ4n) is 1.26. The van der Waals surface area contributed by atoms with E-state index in [4.69, 9.17) is 11.6 Å². The zero-order valence-corrected chi connectivity index (χ0v) is 13.2. The second-order valence-corrected chi connectivity index (χ2v) is 8.20. The first-order chi connectivity index (χ1) is 9.22. The van der Waals surface area contributed by atoms with Crippen LogP contribution in [0, 0.1) is 17.5 Å². The van der Waals surface area contributed by atoms with Crippen LogP contribution in [0.4, 0.5) is 18.9 Å². The number of halogens is 5. The Balaban J connectivity index is 2.41. The van der Waals surface area contributed by atoms with Gasteiger partial charge in [-0.05, 0) is 34.1 Å². The van der Waals surface area contributed by atoms with Gasteiger partial charge in [-0.15, -0.1) is 11.3 Å². The van der Waals surface area contributed by atoms with E-state index in [2.05, 4.69) is 15.9 Å². The van der Waals surface area contributed by atoms with Crippen LogP contribution < -0.4 is 4.72 Å². The molecule has 10 heteroatoms. The molecule has 1 aromatic carbocycles. The van der Waals surface area contributed by atoms with E-state index < -0.39 is 33.2 Å². The average Bonchev–Trinajstić information content (AvgIpc) is 2.71. The maximum absolute atomic E-state index is 13.4. The second-order valence-electron chi connectivity index (χ2n) is 3.52. The van der Waals surface area contributed by atoms with Crippen molar-refractivity contribution in [2.75, 3.05) is 4.72 Å². The Labute approximate surface area is 129 Å². The second kappa shape index (κ2) is 5.55. The Hall–Kier alpha value is -0.770. The summed E-state index contributed by atoms with van der Waals surface area (Å²) in [6.07, 6.45) is 0. The Morgan fingerprint density at radius 2 is 1.85 bits per heavy atom. The quantitative estimate of drug-likeness (QED) is 0.769. The SMILES string of the molecule is O=S(=O)(Nc1ccc(F)c(F)c1F)c1cc(Cl)c(Br)s1. The van der Waals surface area contributed by atoms with Crippen molar-refractivity contribution >= 4 is 54.6 Å². The molecule has 0 saturated carbocycles. The zero-order valence-electron chi connectivity index (χ0n) is 9.25. The van der Waals surface area contributed by atoms with Crippen LogP contribution in [0.2, 0.25) is 5.02 Å². The third kappa shape index (κ3) is 2.95. The summed E-state index contributed by atoms with van der Waals surface area (Å²) in [7, 11) is -4.14. The van der Waals surface area contributed by atoms with Crippen LogP contribution in [0.1, 0.15) is 0 Å². The predicted molar refractivity (Wildman–Crippen MR) is 74.2 cm³/mol. The minimum absolute atomic E-state index is 0.168. The molecule has 0 amide bonds. The van der Waals surface area contributed by atoms with Gasteiger partial charge in [0.15, 0.2) is 17.5 Å². The van der Waals surface area contributed by atoms with Crippen molar-refractivity contribution in [2.45, 2.75) is 4.21 Å². The zero-order chi connectivity index (χ0) is 15.1. The van der Waals surface area contributed by atoms with Crippen LogP contribution in [-0.4, -0.2) is 8.42 Å². The Bertz CT molecular complexity index is 760. The van der Waals surface area contributed by atoms with Crippen molar-refractivity contribution in [3.05, 3.63) is 44.5 Å². The highest BCUT2D eigenvalue weighted by Crippen LogP contribution is 2.35. The van der Waals surface area contributed by atoms with Crippen molar-refractivity contribution in [3.63, 3.8) is 0 Å². The summed E-state index contributed by atoms with van der Waals surface area (Å²) in [5.41, 5.74) is -0.690. The number of nitrogens with one attached hydrogen (secondary N) is 1. The summed E-state index contributed by atoms with van der Waals surface area (Å²) in [6.45, 7) is 0. The lowest BCUT2D eigenvalue weighted by molar-refractivity contribution is 0.449. The third-order valence-corrected chi connectivity index (χ3v) is 6.48. The molecule has 0 saturated heterocycles. The normalized spacial score (nSPS) is 11.7. The largest absolute Gasteiger partial charge is 0.276 e. The van der Waals surface area contributed by atoms with E-state index >= 15 is 0 Å². The number of sulfonamides is 1. The first kappa shape index (κ1) is 15.6. The Morgan fingerprint density at radius 3 is 2.40 bits per heavy atom. The molecule has 0 spiro atoms. The van der Waals surface area contributed by atoms with Gasteiger partial charge in [0.05, 0.1) is 14.5 Å². The summed E-state index contributed by atoms with van der Waals surface area (Å²) in [5.74, 6) is -4.78. The minimum Gasteiger partial charge on any atom is -0.276 e. The van der Waals surface area contributed by atoms with Gasteiger partial charge in [0, 0.05) is 0 Å². The standard InChI is InChI=1S/C10H4BrClF3NO2S2/c11-10-4(12)3-7(19-10)20(17,18)16-6-2-1-5(13)8(14)9(6)15/h1-3,16H. The van der Waals surface area contributed by atoms with Crippen LogP contribution in [0.3, 0.4) is 0 Å². The van der Waals surface area contributed by atoms with E-state index in [1.165, 1.54) is 0 Å². The predicted octanol–water partition coefficient (Wildman–Crippen LogP) is 4.38. The molecule has 20 heavy (non-hydrogen) atoms. The van der Waals surface area contributed by atoms with Crippen LogP contribution in [-0.2, 0) is 10.0 Å². The molecular formula is C10H4BrClF3NO2S2. The van der Waals surface area contributed by atoms with Crippen LogP contribution in [0.15, 0.2) is 26.2 Å². The molecule has 1 N–H and O–H groups in total. The third-order valence-electron chi connectivity index (χ3n) is 2.17. The van der Waals surface area contributed by atoms with E-state index in [0.29, 0.717) is 9.85 Å². The first-order valence-corrected chi connectivity index (χ1v) is 8.30. The summed E-state index contributed by atoms with van der Waals surface area (Å²) >= 11 is 9.54. The number of benzene rings is 1. The van der Waals surface area contributed by atoms with Gasteiger partial charge in [-0.1, -0.05) is 11.6 Å². The summed E-state index contributed by atoms with van der Waals surface area (Å²) < 4.78 is 65.1. The molecule has 0 bridgehead atoms. The minimum atomic E-state index is -4.14. The maximum atomic E-state index is 13.4. The summed E-state index contributed by atoms with van der Waals surface area (Å²) in [6, 6.07) is 2.56. The molecule has 1 heterocycles. The van der Waals surface area contributed by atoms with E-state index in [1.807, 2.05) is 4.72 Å². The van der Waals surface area contributed by atoms with E-state index in [9.17, 15) is 21.6 Å². The highest BCUT2D eigenvalue weighted by Gasteiger charge is 2.22. The van der Waals surface area contributed by atoms with E-state index in [-0.39, 0.29) is 9.23 Å². The van der Waals surface area contributed by atoms with Crippen molar-refractivity contribution in [2.24, 2.45) is 0 Å². The van der Waals surface area contributed by atoms with Crippen LogP contribution in [0.25, 0.3) is 0 Å². The van der Waals surface area contributed by atoms with Gasteiger partial charge in [-0.2, -0.15) is 0 Å². The Kier molecular flexibility index (Phi) is 4.33. The number of hydrogen-bond donors (Lipinski definition) is 1. The number of rotatable bonds is 3. The van der Waals surface area contributed by atoms with Gasteiger partial charge in [-0.3, -0.25) is 4.72 Å². The monoisotopic (exact) mass is 405 g/mol.